The van der Waals surface area contributed by atoms with Crippen LogP contribution in [-0.4, -0.2) is 36.4 Å². The lowest BCUT2D eigenvalue weighted by Crippen LogP contribution is -2.45. The van der Waals surface area contributed by atoms with Gasteiger partial charge in [0, 0.05) is 18.7 Å². The van der Waals surface area contributed by atoms with Gasteiger partial charge in [0.1, 0.15) is 11.8 Å². The molecule has 0 saturated carbocycles. The summed E-state index contributed by atoms with van der Waals surface area (Å²) >= 11 is 0. The van der Waals surface area contributed by atoms with Crippen molar-refractivity contribution in [2.75, 3.05) is 13.7 Å². The van der Waals surface area contributed by atoms with Gasteiger partial charge in [0.2, 0.25) is 5.91 Å². The van der Waals surface area contributed by atoms with Crippen LogP contribution >= 0.6 is 0 Å². The monoisotopic (exact) mass is 274 g/mol. The van der Waals surface area contributed by atoms with Crippen LogP contribution in [0.3, 0.4) is 0 Å². The second-order valence-corrected chi connectivity index (χ2v) is 5.26. The SMILES string of the molecule is COc1ccc2c(c1)CN([C@H]1CCCCNC1=O)C2=O. The van der Waals surface area contributed by atoms with Crippen molar-refractivity contribution in [1.82, 2.24) is 10.2 Å². The number of ether oxygens (including phenoxy) is 1. The van der Waals surface area contributed by atoms with Gasteiger partial charge >= 0.3 is 0 Å². The van der Waals surface area contributed by atoms with Gasteiger partial charge in [0.25, 0.3) is 5.91 Å². The molecule has 106 valence electrons. The minimum Gasteiger partial charge on any atom is -0.497 e. The van der Waals surface area contributed by atoms with Crippen LogP contribution in [0.5, 0.6) is 5.75 Å². The number of hydrogen-bond acceptors (Lipinski definition) is 3. The van der Waals surface area contributed by atoms with Crippen molar-refractivity contribution in [2.24, 2.45) is 0 Å². The summed E-state index contributed by atoms with van der Waals surface area (Å²) in [5.41, 5.74) is 1.62. The van der Waals surface area contributed by atoms with Gasteiger partial charge in [-0.1, -0.05) is 0 Å². The first-order valence-electron chi connectivity index (χ1n) is 6.96. The van der Waals surface area contributed by atoms with Crippen LogP contribution < -0.4 is 10.1 Å². The van der Waals surface area contributed by atoms with Crippen molar-refractivity contribution >= 4 is 11.8 Å². The number of amides is 2. The van der Waals surface area contributed by atoms with Crippen LogP contribution in [0.15, 0.2) is 18.2 Å². The molecular weight excluding hydrogens is 256 g/mol. The third kappa shape index (κ3) is 2.13. The molecule has 3 rings (SSSR count). The smallest absolute Gasteiger partial charge is 0.255 e. The normalized spacial score (nSPS) is 22.2. The molecule has 2 heterocycles. The van der Waals surface area contributed by atoms with E-state index in [0.717, 1.165) is 30.6 Å². The summed E-state index contributed by atoms with van der Waals surface area (Å²) in [6.07, 6.45) is 2.68. The molecule has 1 fully saturated rings. The highest BCUT2D eigenvalue weighted by Gasteiger charge is 2.36. The predicted octanol–water partition coefficient (Wildman–Crippen LogP) is 1.32. The van der Waals surface area contributed by atoms with Gasteiger partial charge < -0.3 is 15.0 Å². The highest BCUT2D eigenvalue weighted by Crippen LogP contribution is 2.29. The van der Waals surface area contributed by atoms with Crippen LogP contribution in [0.4, 0.5) is 0 Å². The molecule has 1 saturated heterocycles. The fraction of sp³-hybridized carbons (Fsp3) is 0.467. The van der Waals surface area contributed by atoms with Gasteiger partial charge in [-0.15, -0.1) is 0 Å². The molecule has 1 aromatic rings. The molecule has 0 unspecified atom stereocenters. The molecule has 20 heavy (non-hydrogen) atoms. The average Bonchev–Trinajstić information content (AvgIpc) is 2.64. The molecule has 0 aromatic heterocycles. The van der Waals surface area contributed by atoms with E-state index in [1.165, 1.54) is 0 Å². The zero-order valence-corrected chi connectivity index (χ0v) is 11.5. The Morgan fingerprint density at radius 2 is 2.15 bits per heavy atom. The standard InChI is InChI=1S/C15H18N2O3/c1-20-11-5-6-12-10(8-11)9-17(15(12)19)13-4-2-3-7-16-14(13)18/h5-6,8,13H,2-4,7,9H2,1H3,(H,16,18)/t13-/m0/s1. The molecule has 0 spiro atoms. The van der Waals surface area contributed by atoms with Crippen molar-refractivity contribution in [3.63, 3.8) is 0 Å². The van der Waals surface area contributed by atoms with Gasteiger partial charge in [-0.2, -0.15) is 0 Å². The topological polar surface area (TPSA) is 58.6 Å². The average molecular weight is 274 g/mol. The van der Waals surface area contributed by atoms with E-state index in [0.29, 0.717) is 18.7 Å². The van der Waals surface area contributed by atoms with E-state index in [2.05, 4.69) is 5.32 Å². The van der Waals surface area contributed by atoms with Crippen LogP contribution in [0.1, 0.15) is 35.2 Å². The summed E-state index contributed by atoms with van der Waals surface area (Å²) in [6, 6.07) is 5.10. The summed E-state index contributed by atoms with van der Waals surface area (Å²) in [7, 11) is 1.61. The van der Waals surface area contributed by atoms with E-state index in [1.54, 1.807) is 24.1 Å². The highest BCUT2D eigenvalue weighted by molar-refractivity contribution is 6.01. The van der Waals surface area contributed by atoms with E-state index in [-0.39, 0.29) is 17.9 Å². The molecule has 2 amide bonds. The van der Waals surface area contributed by atoms with E-state index in [9.17, 15) is 9.59 Å². The first-order valence-corrected chi connectivity index (χ1v) is 6.96. The number of rotatable bonds is 2. The molecule has 1 N–H and O–H groups in total. The lowest BCUT2D eigenvalue weighted by atomic mass is 10.1. The molecule has 1 aromatic carbocycles. The largest absolute Gasteiger partial charge is 0.497 e. The van der Waals surface area contributed by atoms with Crippen LogP contribution in [0.25, 0.3) is 0 Å². The zero-order valence-electron chi connectivity index (χ0n) is 11.5. The highest BCUT2D eigenvalue weighted by atomic mass is 16.5. The Balaban J connectivity index is 1.86. The number of methoxy groups -OCH3 is 1. The van der Waals surface area contributed by atoms with E-state index >= 15 is 0 Å². The van der Waals surface area contributed by atoms with Crippen LogP contribution in [-0.2, 0) is 11.3 Å². The number of benzene rings is 1. The lowest BCUT2D eigenvalue weighted by Gasteiger charge is -2.25. The van der Waals surface area contributed by atoms with E-state index < -0.39 is 0 Å². The van der Waals surface area contributed by atoms with Crippen molar-refractivity contribution in [1.29, 1.82) is 0 Å². The Bertz CT molecular complexity index is 556. The third-order valence-electron chi connectivity index (χ3n) is 4.03. The van der Waals surface area contributed by atoms with E-state index in [1.807, 2.05) is 6.07 Å². The fourth-order valence-corrected chi connectivity index (χ4v) is 2.92. The van der Waals surface area contributed by atoms with Gasteiger partial charge in [-0.05, 0) is 43.0 Å². The molecule has 2 aliphatic heterocycles. The number of nitrogens with zero attached hydrogens (tertiary/aromatic N) is 1. The molecule has 5 heteroatoms. The first kappa shape index (κ1) is 13.0. The lowest BCUT2D eigenvalue weighted by molar-refractivity contribution is -0.125. The second kappa shape index (κ2) is 5.15. The van der Waals surface area contributed by atoms with Gasteiger partial charge in [-0.3, -0.25) is 9.59 Å². The third-order valence-corrected chi connectivity index (χ3v) is 4.03. The number of hydrogen-bond donors (Lipinski definition) is 1. The van der Waals surface area contributed by atoms with Crippen molar-refractivity contribution in [3.05, 3.63) is 29.3 Å². The van der Waals surface area contributed by atoms with Crippen LogP contribution in [0.2, 0.25) is 0 Å². The Morgan fingerprint density at radius 1 is 1.30 bits per heavy atom. The molecule has 5 nitrogen and oxygen atoms in total. The molecule has 0 aliphatic carbocycles. The maximum absolute atomic E-state index is 12.5. The minimum atomic E-state index is -0.344. The van der Waals surface area contributed by atoms with Gasteiger partial charge in [0.05, 0.1) is 7.11 Å². The second-order valence-electron chi connectivity index (χ2n) is 5.26. The van der Waals surface area contributed by atoms with E-state index in [4.69, 9.17) is 4.74 Å². The van der Waals surface area contributed by atoms with Gasteiger partial charge in [0.15, 0.2) is 0 Å². The maximum Gasteiger partial charge on any atom is 0.255 e. The quantitative estimate of drug-likeness (QED) is 0.885. The Kier molecular flexibility index (Phi) is 3.34. The zero-order chi connectivity index (χ0) is 14.1. The number of nitrogens with one attached hydrogen (secondary N) is 1. The van der Waals surface area contributed by atoms with Crippen molar-refractivity contribution < 1.29 is 14.3 Å². The van der Waals surface area contributed by atoms with Crippen molar-refractivity contribution in [3.8, 4) is 5.75 Å². The molecular formula is C15H18N2O3. The molecule has 2 aliphatic rings. The summed E-state index contributed by atoms with van der Waals surface area (Å²) in [5, 5.41) is 2.88. The van der Waals surface area contributed by atoms with Crippen LogP contribution in [0, 0.1) is 0 Å². The summed E-state index contributed by atoms with van der Waals surface area (Å²) in [4.78, 5) is 26.2. The number of carbonyl (C=O) groups excluding carboxylic acids is 2. The fourth-order valence-electron chi connectivity index (χ4n) is 2.92. The maximum atomic E-state index is 12.5. The summed E-state index contributed by atoms with van der Waals surface area (Å²) in [6.45, 7) is 1.20. The van der Waals surface area contributed by atoms with Crippen molar-refractivity contribution in [2.45, 2.75) is 31.8 Å². The molecule has 0 radical (unpaired) electrons. The Morgan fingerprint density at radius 3 is 2.95 bits per heavy atom. The predicted molar refractivity (Wildman–Crippen MR) is 73.5 cm³/mol. The molecule has 0 bridgehead atoms. The summed E-state index contributed by atoms with van der Waals surface area (Å²) in [5.74, 6) is 0.657. The first-order chi connectivity index (χ1) is 9.70. The number of carbonyl (C=O) groups is 2. The number of fused-ring (bicyclic) bond motifs is 1. The Hall–Kier alpha value is -2.04. The molecule has 1 atom stereocenters. The minimum absolute atomic E-state index is 0.0318. The van der Waals surface area contributed by atoms with Gasteiger partial charge in [-0.25, -0.2) is 0 Å². The Labute approximate surface area is 117 Å². The summed E-state index contributed by atoms with van der Waals surface area (Å²) < 4.78 is 5.19.